The first kappa shape index (κ1) is 13.0. The molecular formula is C15H14ClN3O. The molecule has 0 aliphatic carbocycles. The second-order valence-electron chi connectivity index (χ2n) is 4.87. The summed E-state index contributed by atoms with van der Waals surface area (Å²) in [6, 6.07) is 11.2. The largest absolute Gasteiger partial charge is 0.323 e. The standard InChI is InChI=1S/C15H14ClN3O/c1-8-6-9(2-4-11(8)16)14(17)10-3-5-12-13(7-10)19-15(20)18-12/h2-7,14H,17H2,1H3,(H2,18,19,20). The zero-order valence-electron chi connectivity index (χ0n) is 10.9. The van der Waals surface area contributed by atoms with Crippen molar-refractivity contribution in [2.24, 2.45) is 5.73 Å². The molecule has 4 nitrogen and oxygen atoms in total. The van der Waals surface area contributed by atoms with Crippen molar-refractivity contribution in [3.05, 3.63) is 68.6 Å². The molecule has 0 fully saturated rings. The average molecular weight is 288 g/mol. The Balaban J connectivity index is 2.04. The lowest BCUT2D eigenvalue weighted by Crippen LogP contribution is -2.11. The van der Waals surface area contributed by atoms with Crippen LogP contribution in [0, 0.1) is 6.92 Å². The summed E-state index contributed by atoms with van der Waals surface area (Å²) in [5, 5.41) is 0.728. The quantitative estimate of drug-likeness (QED) is 0.678. The number of hydrogen-bond acceptors (Lipinski definition) is 2. The van der Waals surface area contributed by atoms with E-state index in [4.69, 9.17) is 17.3 Å². The lowest BCUT2D eigenvalue weighted by molar-refractivity contribution is 0.871. The molecule has 3 aromatic rings. The van der Waals surface area contributed by atoms with Gasteiger partial charge in [-0.1, -0.05) is 29.8 Å². The summed E-state index contributed by atoms with van der Waals surface area (Å²) in [5.41, 5.74) is 10.5. The molecule has 1 heterocycles. The highest BCUT2D eigenvalue weighted by atomic mass is 35.5. The number of nitrogens with one attached hydrogen (secondary N) is 2. The van der Waals surface area contributed by atoms with Gasteiger partial charge in [0.05, 0.1) is 17.1 Å². The van der Waals surface area contributed by atoms with E-state index in [1.165, 1.54) is 0 Å². The first-order valence-corrected chi connectivity index (χ1v) is 6.66. The van der Waals surface area contributed by atoms with Crippen molar-refractivity contribution in [2.45, 2.75) is 13.0 Å². The molecule has 0 aliphatic heterocycles. The van der Waals surface area contributed by atoms with Gasteiger partial charge >= 0.3 is 5.69 Å². The zero-order chi connectivity index (χ0) is 14.3. The minimum atomic E-state index is -0.256. The number of hydrogen-bond donors (Lipinski definition) is 3. The van der Waals surface area contributed by atoms with Crippen LogP contribution in [-0.4, -0.2) is 9.97 Å². The van der Waals surface area contributed by atoms with Crippen molar-refractivity contribution >= 4 is 22.6 Å². The summed E-state index contributed by atoms with van der Waals surface area (Å²) in [6.07, 6.45) is 0. The van der Waals surface area contributed by atoms with Crippen molar-refractivity contribution in [1.82, 2.24) is 9.97 Å². The Morgan fingerprint density at radius 1 is 1.05 bits per heavy atom. The number of fused-ring (bicyclic) bond motifs is 1. The molecule has 0 spiro atoms. The van der Waals surface area contributed by atoms with E-state index in [-0.39, 0.29) is 11.7 Å². The SMILES string of the molecule is Cc1cc(C(N)c2ccc3[nH]c(=O)[nH]c3c2)ccc1Cl. The number of halogens is 1. The van der Waals surface area contributed by atoms with E-state index in [1.54, 1.807) is 0 Å². The molecule has 102 valence electrons. The second kappa shape index (κ2) is 4.81. The van der Waals surface area contributed by atoms with Crippen molar-refractivity contribution in [1.29, 1.82) is 0 Å². The highest BCUT2D eigenvalue weighted by Crippen LogP contribution is 2.25. The molecule has 1 unspecified atom stereocenters. The third-order valence-corrected chi connectivity index (χ3v) is 3.86. The smallest absolute Gasteiger partial charge is 0.320 e. The molecule has 2 aromatic carbocycles. The molecule has 3 rings (SSSR count). The van der Waals surface area contributed by atoms with Crippen molar-refractivity contribution < 1.29 is 0 Å². The van der Waals surface area contributed by atoms with Gasteiger partial charge < -0.3 is 15.7 Å². The fraction of sp³-hybridized carbons (Fsp3) is 0.133. The van der Waals surface area contributed by atoms with E-state index in [0.717, 1.165) is 32.7 Å². The first-order valence-electron chi connectivity index (χ1n) is 6.28. The van der Waals surface area contributed by atoms with Crippen LogP contribution < -0.4 is 11.4 Å². The Morgan fingerprint density at radius 2 is 1.70 bits per heavy atom. The minimum absolute atomic E-state index is 0.215. The summed E-state index contributed by atoms with van der Waals surface area (Å²) in [6.45, 7) is 1.95. The number of rotatable bonds is 2. The van der Waals surface area contributed by atoms with E-state index in [2.05, 4.69) is 9.97 Å². The summed E-state index contributed by atoms with van der Waals surface area (Å²) >= 11 is 6.03. The van der Waals surface area contributed by atoms with Gasteiger partial charge in [-0.2, -0.15) is 0 Å². The van der Waals surface area contributed by atoms with Crippen LogP contribution >= 0.6 is 11.6 Å². The number of imidazole rings is 1. The molecule has 4 N–H and O–H groups in total. The fourth-order valence-corrected chi connectivity index (χ4v) is 2.41. The van der Waals surface area contributed by atoms with Crippen LogP contribution in [0.4, 0.5) is 0 Å². The number of benzene rings is 2. The molecule has 0 radical (unpaired) electrons. The van der Waals surface area contributed by atoms with Gasteiger partial charge in [0.2, 0.25) is 0 Å². The van der Waals surface area contributed by atoms with Crippen molar-refractivity contribution in [3.8, 4) is 0 Å². The van der Waals surface area contributed by atoms with E-state index in [9.17, 15) is 4.79 Å². The van der Waals surface area contributed by atoms with Gasteiger partial charge in [0.15, 0.2) is 0 Å². The maximum absolute atomic E-state index is 11.3. The van der Waals surface area contributed by atoms with Crippen LogP contribution in [0.3, 0.4) is 0 Å². The molecule has 1 aromatic heterocycles. The molecule has 1 atom stereocenters. The zero-order valence-corrected chi connectivity index (χ0v) is 11.7. The van der Waals surface area contributed by atoms with Crippen LogP contribution in [0.5, 0.6) is 0 Å². The summed E-state index contributed by atoms with van der Waals surface area (Å²) in [4.78, 5) is 16.7. The molecule has 0 aliphatic rings. The maximum atomic E-state index is 11.3. The predicted octanol–water partition coefficient (Wildman–Crippen LogP) is 2.87. The summed E-state index contributed by atoms with van der Waals surface area (Å²) < 4.78 is 0. The highest BCUT2D eigenvalue weighted by Gasteiger charge is 2.11. The Hall–Kier alpha value is -2.04. The first-order chi connectivity index (χ1) is 9.54. The third-order valence-electron chi connectivity index (χ3n) is 3.44. The van der Waals surface area contributed by atoms with Crippen molar-refractivity contribution in [3.63, 3.8) is 0 Å². The van der Waals surface area contributed by atoms with Crippen LogP contribution in [0.15, 0.2) is 41.2 Å². The second-order valence-corrected chi connectivity index (χ2v) is 5.28. The van der Waals surface area contributed by atoms with E-state index in [0.29, 0.717) is 0 Å². The topological polar surface area (TPSA) is 74.7 Å². The van der Waals surface area contributed by atoms with Gasteiger partial charge in [-0.05, 0) is 41.8 Å². The highest BCUT2D eigenvalue weighted by molar-refractivity contribution is 6.31. The number of aromatic amines is 2. The van der Waals surface area contributed by atoms with E-state index < -0.39 is 0 Å². The Labute approximate surface area is 120 Å². The van der Waals surface area contributed by atoms with E-state index in [1.807, 2.05) is 43.3 Å². The predicted molar refractivity (Wildman–Crippen MR) is 81.1 cm³/mol. The minimum Gasteiger partial charge on any atom is -0.320 e. The maximum Gasteiger partial charge on any atom is 0.323 e. The van der Waals surface area contributed by atoms with Gasteiger partial charge in [-0.15, -0.1) is 0 Å². The molecule has 0 amide bonds. The van der Waals surface area contributed by atoms with E-state index >= 15 is 0 Å². The molecule has 0 saturated heterocycles. The third kappa shape index (κ3) is 2.24. The average Bonchev–Trinajstić information content (AvgIpc) is 2.80. The Morgan fingerprint density at radius 3 is 2.45 bits per heavy atom. The van der Waals surface area contributed by atoms with Gasteiger partial charge in [-0.25, -0.2) is 4.79 Å². The molecule has 20 heavy (non-hydrogen) atoms. The van der Waals surface area contributed by atoms with Crippen LogP contribution in [0.1, 0.15) is 22.7 Å². The van der Waals surface area contributed by atoms with Gasteiger partial charge in [0, 0.05) is 5.02 Å². The van der Waals surface area contributed by atoms with Gasteiger partial charge in [0.1, 0.15) is 0 Å². The number of nitrogens with two attached hydrogens (primary N) is 1. The number of aryl methyl sites for hydroxylation is 1. The van der Waals surface area contributed by atoms with Gasteiger partial charge in [0.25, 0.3) is 0 Å². The van der Waals surface area contributed by atoms with Crippen LogP contribution in [-0.2, 0) is 0 Å². The lowest BCUT2D eigenvalue weighted by Gasteiger charge is -2.14. The summed E-state index contributed by atoms with van der Waals surface area (Å²) in [5.74, 6) is 0. The summed E-state index contributed by atoms with van der Waals surface area (Å²) in [7, 11) is 0. The lowest BCUT2D eigenvalue weighted by atomic mass is 9.98. The van der Waals surface area contributed by atoms with Crippen LogP contribution in [0.2, 0.25) is 5.02 Å². The van der Waals surface area contributed by atoms with Crippen molar-refractivity contribution in [2.75, 3.05) is 0 Å². The molecule has 0 bridgehead atoms. The molecule has 5 heteroatoms. The number of aromatic nitrogens is 2. The normalized spacial score (nSPS) is 12.8. The molecule has 0 saturated carbocycles. The Kier molecular flexibility index (Phi) is 3.12. The monoisotopic (exact) mass is 287 g/mol. The Bertz CT molecular complexity index is 834. The number of H-pyrrole nitrogens is 2. The fourth-order valence-electron chi connectivity index (χ4n) is 2.30. The van der Waals surface area contributed by atoms with Gasteiger partial charge in [-0.3, -0.25) is 0 Å². The molecular weight excluding hydrogens is 274 g/mol. The van der Waals surface area contributed by atoms with Crippen LogP contribution in [0.25, 0.3) is 11.0 Å².